The van der Waals surface area contributed by atoms with Crippen molar-refractivity contribution in [2.45, 2.75) is 0 Å². The molecule has 4 nitrogen and oxygen atoms in total. The zero-order valence-electron chi connectivity index (χ0n) is 11.2. The van der Waals surface area contributed by atoms with Gasteiger partial charge in [-0.25, -0.2) is 0 Å². The Balaban J connectivity index is 2.13. The number of allylic oxidation sites excluding steroid dienone is 1. The largest absolute Gasteiger partial charge is 0.507 e. The molecule has 2 aromatic rings. The fraction of sp³-hybridized carbons (Fsp3) is 0.0588. The number of phenolic OH excluding ortho intramolecular Hbond substituents is 1. The number of rotatable bonds is 5. The summed E-state index contributed by atoms with van der Waals surface area (Å²) in [6.45, 7) is 0.105. The van der Waals surface area contributed by atoms with E-state index in [1.54, 1.807) is 30.6 Å². The molecule has 0 spiro atoms. The molecule has 1 aromatic carbocycles. The van der Waals surface area contributed by atoms with Crippen LogP contribution in [0.1, 0.15) is 15.9 Å². The first-order chi connectivity index (χ1) is 10.2. The number of pyridine rings is 1. The number of benzene rings is 1. The van der Waals surface area contributed by atoms with Crippen LogP contribution < -0.4 is 4.74 Å². The topological polar surface area (TPSA) is 59.4 Å². The van der Waals surface area contributed by atoms with E-state index in [1.807, 2.05) is 6.07 Å². The van der Waals surface area contributed by atoms with Crippen molar-refractivity contribution >= 4 is 11.9 Å². The molecule has 0 bridgehead atoms. The Morgan fingerprint density at radius 1 is 1.43 bits per heavy atom. The summed E-state index contributed by atoms with van der Waals surface area (Å²) in [5, 5.41) is 9.86. The second-order valence-corrected chi connectivity index (χ2v) is 4.16. The Kier molecular flexibility index (Phi) is 4.73. The summed E-state index contributed by atoms with van der Waals surface area (Å²) in [4.78, 5) is 16.0. The van der Waals surface area contributed by atoms with Crippen molar-refractivity contribution in [3.63, 3.8) is 0 Å². The van der Waals surface area contributed by atoms with Crippen LogP contribution in [0.25, 0.3) is 6.08 Å². The number of hydrogen-bond donors (Lipinski definition) is 1. The SMILES string of the molecule is C#CCOc1ccc(C(=O)C=Cc2cccnc2)c(O)c1. The molecule has 4 heteroatoms. The number of aromatic hydroxyl groups is 1. The normalized spacial score (nSPS) is 10.2. The Bertz CT molecular complexity index is 700. The highest BCUT2D eigenvalue weighted by atomic mass is 16.5. The summed E-state index contributed by atoms with van der Waals surface area (Å²) in [5.74, 6) is 2.29. The Morgan fingerprint density at radius 2 is 2.29 bits per heavy atom. The average Bonchev–Trinajstić information content (AvgIpc) is 2.51. The number of carbonyl (C=O) groups excluding carboxylic acids is 1. The van der Waals surface area contributed by atoms with Crippen LogP contribution in [-0.2, 0) is 0 Å². The molecule has 104 valence electrons. The van der Waals surface area contributed by atoms with E-state index >= 15 is 0 Å². The molecular weight excluding hydrogens is 266 g/mol. The Hall–Kier alpha value is -3.06. The summed E-state index contributed by atoms with van der Waals surface area (Å²) < 4.78 is 5.17. The number of ketones is 1. The van der Waals surface area contributed by atoms with Gasteiger partial charge in [0.25, 0.3) is 0 Å². The zero-order valence-corrected chi connectivity index (χ0v) is 11.2. The summed E-state index contributed by atoms with van der Waals surface area (Å²) in [6, 6.07) is 8.05. The standard InChI is InChI=1S/C17H13NO3/c1-2-10-21-14-6-7-15(17(20)11-14)16(19)8-5-13-4-3-9-18-12-13/h1,3-9,11-12,20H,10H2. The third-order valence-corrected chi connectivity index (χ3v) is 2.67. The lowest BCUT2D eigenvalue weighted by molar-refractivity contribution is 0.104. The molecule has 0 aliphatic carbocycles. The fourth-order valence-electron chi connectivity index (χ4n) is 1.67. The highest BCUT2D eigenvalue weighted by Crippen LogP contribution is 2.24. The number of hydrogen-bond acceptors (Lipinski definition) is 4. The molecule has 0 atom stereocenters. The van der Waals surface area contributed by atoms with Crippen molar-refractivity contribution in [3.05, 3.63) is 59.9 Å². The summed E-state index contributed by atoms with van der Waals surface area (Å²) in [7, 11) is 0. The van der Waals surface area contributed by atoms with Gasteiger partial charge in [-0.3, -0.25) is 9.78 Å². The maximum Gasteiger partial charge on any atom is 0.189 e. The van der Waals surface area contributed by atoms with Crippen molar-refractivity contribution in [1.82, 2.24) is 4.98 Å². The van der Waals surface area contributed by atoms with Crippen LogP contribution in [0.4, 0.5) is 0 Å². The molecule has 1 N–H and O–H groups in total. The van der Waals surface area contributed by atoms with Gasteiger partial charge in [0.05, 0.1) is 5.56 Å². The number of terminal acetylenes is 1. The van der Waals surface area contributed by atoms with E-state index in [1.165, 1.54) is 18.2 Å². The van der Waals surface area contributed by atoms with Gasteiger partial charge in [-0.15, -0.1) is 6.42 Å². The van der Waals surface area contributed by atoms with Crippen LogP contribution in [-0.4, -0.2) is 22.5 Å². The highest BCUT2D eigenvalue weighted by Gasteiger charge is 2.09. The molecule has 0 unspecified atom stereocenters. The van der Waals surface area contributed by atoms with E-state index in [9.17, 15) is 9.90 Å². The van der Waals surface area contributed by atoms with Gasteiger partial charge in [-0.1, -0.05) is 12.0 Å². The maximum atomic E-state index is 12.0. The summed E-state index contributed by atoms with van der Waals surface area (Å²) in [5.41, 5.74) is 1.00. The van der Waals surface area contributed by atoms with Crippen molar-refractivity contribution in [1.29, 1.82) is 0 Å². The predicted octanol–water partition coefficient (Wildman–Crippen LogP) is 2.70. The fourth-order valence-corrected chi connectivity index (χ4v) is 1.67. The van der Waals surface area contributed by atoms with Gasteiger partial charge in [0.15, 0.2) is 5.78 Å². The molecule has 0 fully saturated rings. The van der Waals surface area contributed by atoms with Crippen LogP contribution in [0, 0.1) is 12.3 Å². The van der Waals surface area contributed by atoms with Gasteiger partial charge in [-0.2, -0.15) is 0 Å². The van der Waals surface area contributed by atoms with Crippen molar-refractivity contribution in [2.75, 3.05) is 6.61 Å². The third kappa shape index (κ3) is 3.95. The van der Waals surface area contributed by atoms with E-state index in [0.29, 0.717) is 5.75 Å². The number of ether oxygens (including phenoxy) is 1. The number of aromatic nitrogens is 1. The quantitative estimate of drug-likeness (QED) is 0.519. The van der Waals surface area contributed by atoms with Crippen LogP contribution >= 0.6 is 0 Å². The first-order valence-corrected chi connectivity index (χ1v) is 6.22. The monoisotopic (exact) mass is 279 g/mol. The Labute approximate surface area is 122 Å². The minimum Gasteiger partial charge on any atom is -0.507 e. The molecule has 0 saturated carbocycles. The van der Waals surface area contributed by atoms with Gasteiger partial charge >= 0.3 is 0 Å². The van der Waals surface area contributed by atoms with Gasteiger partial charge in [0.2, 0.25) is 0 Å². The summed E-state index contributed by atoms with van der Waals surface area (Å²) >= 11 is 0. The molecular formula is C17H13NO3. The third-order valence-electron chi connectivity index (χ3n) is 2.67. The molecule has 21 heavy (non-hydrogen) atoms. The van der Waals surface area contributed by atoms with Gasteiger partial charge in [-0.05, 0) is 35.9 Å². The lowest BCUT2D eigenvalue weighted by Gasteiger charge is -2.05. The van der Waals surface area contributed by atoms with Gasteiger partial charge in [0.1, 0.15) is 18.1 Å². The first-order valence-electron chi connectivity index (χ1n) is 6.22. The van der Waals surface area contributed by atoms with Crippen LogP contribution in [0.15, 0.2) is 48.8 Å². The number of phenols is 1. The van der Waals surface area contributed by atoms with E-state index in [-0.39, 0.29) is 23.7 Å². The molecule has 0 radical (unpaired) electrons. The maximum absolute atomic E-state index is 12.0. The smallest absolute Gasteiger partial charge is 0.189 e. The van der Waals surface area contributed by atoms with Gasteiger partial charge < -0.3 is 9.84 Å². The average molecular weight is 279 g/mol. The summed E-state index contributed by atoms with van der Waals surface area (Å²) in [6.07, 6.45) is 11.4. The van der Waals surface area contributed by atoms with Gasteiger partial charge in [0, 0.05) is 18.5 Å². The van der Waals surface area contributed by atoms with Crippen molar-refractivity contribution in [2.24, 2.45) is 0 Å². The molecule has 0 aliphatic heterocycles. The second kappa shape index (κ2) is 6.92. The van der Waals surface area contributed by atoms with E-state index < -0.39 is 0 Å². The van der Waals surface area contributed by atoms with Crippen molar-refractivity contribution in [3.8, 4) is 23.8 Å². The molecule has 0 aliphatic rings. The van der Waals surface area contributed by atoms with E-state index in [4.69, 9.17) is 11.2 Å². The molecule has 0 saturated heterocycles. The lowest BCUT2D eigenvalue weighted by Crippen LogP contribution is -1.97. The van der Waals surface area contributed by atoms with E-state index in [0.717, 1.165) is 5.56 Å². The molecule has 1 aromatic heterocycles. The first kappa shape index (κ1) is 14.4. The molecule has 2 rings (SSSR count). The minimum absolute atomic E-state index is 0.105. The molecule has 1 heterocycles. The zero-order chi connectivity index (χ0) is 15.1. The highest BCUT2D eigenvalue weighted by molar-refractivity contribution is 6.08. The Morgan fingerprint density at radius 3 is 2.95 bits per heavy atom. The minimum atomic E-state index is -0.306. The van der Waals surface area contributed by atoms with Crippen LogP contribution in [0.2, 0.25) is 0 Å². The predicted molar refractivity (Wildman–Crippen MR) is 80.0 cm³/mol. The van der Waals surface area contributed by atoms with Crippen LogP contribution in [0.3, 0.4) is 0 Å². The lowest BCUT2D eigenvalue weighted by atomic mass is 10.1. The van der Waals surface area contributed by atoms with Crippen molar-refractivity contribution < 1.29 is 14.6 Å². The number of nitrogens with zero attached hydrogens (tertiary/aromatic N) is 1. The second-order valence-electron chi connectivity index (χ2n) is 4.16. The van der Waals surface area contributed by atoms with E-state index in [2.05, 4.69) is 10.9 Å². The number of carbonyl (C=O) groups is 1. The molecule has 0 amide bonds. The van der Waals surface area contributed by atoms with Crippen LogP contribution in [0.5, 0.6) is 11.5 Å².